The second-order valence-electron chi connectivity index (χ2n) is 2.71. The molecule has 13 heavy (non-hydrogen) atoms. The molecule has 0 bridgehead atoms. The van der Waals surface area contributed by atoms with Gasteiger partial charge in [-0.2, -0.15) is 0 Å². The van der Waals surface area contributed by atoms with Gasteiger partial charge in [-0.15, -0.1) is 22.7 Å². The maximum atomic E-state index is 10.5. The van der Waals surface area contributed by atoms with Crippen LogP contribution in [0.4, 0.5) is 0 Å². The molecule has 0 radical (unpaired) electrons. The van der Waals surface area contributed by atoms with Gasteiger partial charge in [-0.1, -0.05) is 6.92 Å². The minimum atomic E-state index is -1.08. The van der Waals surface area contributed by atoms with Crippen LogP contribution < -0.4 is 5.11 Å². The van der Waals surface area contributed by atoms with Crippen molar-refractivity contribution in [1.82, 2.24) is 0 Å². The van der Waals surface area contributed by atoms with E-state index in [1.54, 1.807) is 17.4 Å². The Morgan fingerprint density at radius 1 is 1.46 bits per heavy atom. The third-order valence-corrected chi connectivity index (χ3v) is 4.33. The number of carboxylic acid groups (broad SMARTS) is 1. The van der Waals surface area contributed by atoms with Crippen LogP contribution >= 0.6 is 22.7 Å². The van der Waals surface area contributed by atoms with Crippen molar-refractivity contribution in [2.75, 3.05) is 0 Å². The van der Waals surface area contributed by atoms with E-state index in [9.17, 15) is 9.90 Å². The van der Waals surface area contributed by atoms with Gasteiger partial charge in [-0.05, 0) is 18.6 Å². The highest BCUT2D eigenvalue weighted by atomic mass is 32.2. The number of aromatic carboxylic acids is 1. The van der Waals surface area contributed by atoms with Gasteiger partial charge < -0.3 is 9.90 Å². The van der Waals surface area contributed by atoms with Gasteiger partial charge in [0.25, 0.3) is 0 Å². The molecular formula is C9H7O2S2-. The van der Waals surface area contributed by atoms with E-state index in [-0.39, 0.29) is 0 Å². The largest absolute Gasteiger partial charge is 0.544 e. The van der Waals surface area contributed by atoms with E-state index in [4.69, 9.17) is 0 Å². The molecule has 0 aliphatic carbocycles. The summed E-state index contributed by atoms with van der Waals surface area (Å²) in [5, 5.41) is 11.6. The maximum absolute atomic E-state index is 10.5. The van der Waals surface area contributed by atoms with Crippen LogP contribution in [-0.2, 0) is 6.42 Å². The lowest BCUT2D eigenvalue weighted by atomic mass is 10.3. The molecule has 0 amide bonds. The van der Waals surface area contributed by atoms with Crippen molar-refractivity contribution in [1.29, 1.82) is 0 Å². The van der Waals surface area contributed by atoms with Crippen molar-refractivity contribution < 1.29 is 9.90 Å². The lowest BCUT2D eigenvalue weighted by Crippen LogP contribution is -2.20. The molecule has 0 saturated carbocycles. The fourth-order valence-electron chi connectivity index (χ4n) is 1.17. The van der Waals surface area contributed by atoms with E-state index in [0.717, 1.165) is 15.8 Å². The Morgan fingerprint density at radius 2 is 2.23 bits per heavy atom. The van der Waals surface area contributed by atoms with Gasteiger partial charge in [-0.3, -0.25) is 0 Å². The molecule has 0 aromatic carbocycles. The SMILES string of the molecule is CCc1cc2cc(C(=O)[O-])sc2s1. The van der Waals surface area contributed by atoms with Crippen LogP contribution in [0.3, 0.4) is 0 Å². The number of aryl methyl sites for hydroxylation is 1. The molecule has 0 fully saturated rings. The van der Waals surface area contributed by atoms with Crippen molar-refractivity contribution in [3.8, 4) is 0 Å². The van der Waals surface area contributed by atoms with Gasteiger partial charge >= 0.3 is 0 Å². The molecular weight excluding hydrogens is 204 g/mol. The zero-order valence-electron chi connectivity index (χ0n) is 6.99. The summed E-state index contributed by atoms with van der Waals surface area (Å²) in [6.07, 6.45) is 1.01. The number of rotatable bonds is 2. The Morgan fingerprint density at radius 3 is 2.77 bits per heavy atom. The van der Waals surface area contributed by atoms with Crippen molar-refractivity contribution in [2.45, 2.75) is 13.3 Å². The van der Waals surface area contributed by atoms with Crippen LogP contribution in [0.15, 0.2) is 12.1 Å². The topological polar surface area (TPSA) is 40.1 Å². The summed E-state index contributed by atoms with van der Waals surface area (Å²) in [6, 6.07) is 3.73. The van der Waals surface area contributed by atoms with Crippen LogP contribution in [0.2, 0.25) is 0 Å². The molecule has 2 nitrogen and oxygen atoms in total. The number of carboxylic acids is 1. The van der Waals surface area contributed by atoms with E-state index in [2.05, 4.69) is 6.92 Å². The van der Waals surface area contributed by atoms with E-state index >= 15 is 0 Å². The number of hydrogen-bond donors (Lipinski definition) is 0. The molecule has 0 aliphatic heterocycles. The number of fused-ring (bicyclic) bond motifs is 1. The molecule has 2 aromatic rings. The molecule has 0 N–H and O–H groups in total. The van der Waals surface area contributed by atoms with Crippen LogP contribution in [0.25, 0.3) is 9.40 Å². The van der Waals surface area contributed by atoms with Crippen molar-refractivity contribution in [2.24, 2.45) is 0 Å². The molecule has 2 aromatic heterocycles. The Labute approximate surface area is 83.4 Å². The van der Waals surface area contributed by atoms with Crippen molar-refractivity contribution in [3.63, 3.8) is 0 Å². The van der Waals surface area contributed by atoms with Crippen molar-refractivity contribution in [3.05, 3.63) is 21.9 Å². The van der Waals surface area contributed by atoms with Crippen molar-refractivity contribution >= 4 is 38.0 Å². The van der Waals surface area contributed by atoms with Gasteiger partial charge in [-0.25, -0.2) is 0 Å². The van der Waals surface area contributed by atoms with Gasteiger partial charge in [0.1, 0.15) is 0 Å². The van der Waals surface area contributed by atoms with E-state index < -0.39 is 5.97 Å². The predicted octanol–water partition coefficient (Wildman–Crippen LogP) is 1.89. The summed E-state index contributed by atoms with van der Waals surface area (Å²) in [6.45, 7) is 2.09. The summed E-state index contributed by atoms with van der Waals surface area (Å²) < 4.78 is 1.08. The van der Waals surface area contributed by atoms with Crippen LogP contribution in [0.5, 0.6) is 0 Å². The minimum absolute atomic E-state index is 0.323. The van der Waals surface area contributed by atoms with Gasteiger partial charge in [0.2, 0.25) is 0 Å². The lowest BCUT2D eigenvalue weighted by Gasteiger charge is -1.93. The van der Waals surface area contributed by atoms with E-state index in [1.807, 2.05) is 6.07 Å². The zero-order chi connectivity index (χ0) is 9.42. The highest BCUT2D eigenvalue weighted by Gasteiger charge is 2.05. The fourth-order valence-corrected chi connectivity index (χ4v) is 3.43. The molecule has 68 valence electrons. The van der Waals surface area contributed by atoms with Crippen LogP contribution in [-0.4, -0.2) is 5.97 Å². The molecule has 2 rings (SSSR count). The molecule has 0 aliphatic rings. The Bertz CT molecular complexity index is 422. The minimum Gasteiger partial charge on any atom is -0.544 e. The van der Waals surface area contributed by atoms with E-state index in [1.165, 1.54) is 16.2 Å². The maximum Gasteiger partial charge on any atom is 0.0874 e. The summed E-state index contributed by atoms with van der Waals surface area (Å²) in [5.41, 5.74) is 0. The highest BCUT2D eigenvalue weighted by molar-refractivity contribution is 7.39. The van der Waals surface area contributed by atoms with Gasteiger partial charge in [0, 0.05) is 10.3 Å². The third-order valence-electron chi connectivity index (χ3n) is 1.81. The summed E-state index contributed by atoms with van der Waals surface area (Å²) in [7, 11) is 0. The summed E-state index contributed by atoms with van der Waals surface area (Å²) >= 11 is 2.96. The van der Waals surface area contributed by atoms with Gasteiger partial charge in [0.05, 0.1) is 14.9 Å². The molecule has 0 atom stereocenters. The van der Waals surface area contributed by atoms with E-state index in [0.29, 0.717) is 4.88 Å². The number of thiophene rings is 2. The second kappa shape index (κ2) is 3.12. The first-order valence-corrected chi connectivity index (χ1v) is 5.57. The Hall–Kier alpha value is -0.870. The Kier molecular flexibility index (Phi) is 2.09. The summed E-state index contributed by atoms with van der Waals surface area (Å²) in [4.78, 5) is 12.1. The normalized spacial score (nSPS) is 10.8. The first-order chi connectivity index (χ1) is 6.20. The smallest absolute Gasteiger partial charge is 0.0874 e. The number of hydrogen-bond acceptors (Lipinski definition) is 4. The van der Waals surface area contributed by atoms with Crippen LogP contribution in [0, 0.1) is 0 Å². The molecule has 0 spiro atoms. The summed E-state index contributed by atoms with van der Waals surface area (Å²) in [5.74, 6) is -1.08. The molecule has 0 unspecified atom stereocenters. The number of carbonyl (C=O) groups is 1. The average Bonchev–Trinajstić information content (AvgIpc) is 2.58. The Balaban J connectivity index is 2.54. The quantitative estimate of drug-likeness (QED) is 0.761. The molecule has 0 saturated heterocycles. The first kappa shape index (κ1) is 8.72. The first-order valence-electron chi connectivity index (χ1n) is 3.94. The lowest BCUT2D eigenvalue weighted by molar-refractivity contribution is -0.254. The standard InChI is InChI=1S/C9H8O2S2/c1-2-6-3-5-4-7(8(10)11)13-9(5)12-6/h3-4H,2H2,1H3,(H,10,11)/p-1. The molecule has 2 heterocycles. The second-order valence-corrected chi connectivity index (χ2v) is 5.15. The molecule has 4 heteroatoms. The third kappa shape index (κ3) is 1.47. The van der Waals surface area contributed by atoms with Gasteiger partial charge in [0.15, 0.2) is 0 Å². The fraction of sp³-hybridized carbons (Fsp3) is 0.222. The monoisotopic (exact) mass is 211 g/mol. The van der Waals surface area contributed by atoms with Crippen LogP contribution in [0.1, 0.15) is 21.5 Å². The zero-order valence-corrected chi connectivity index (χ0v) is 8.63. The number of carbonyl (C=O) groups excluding carboxylic acids is 1. The predicted molar refractivity (Wildman–Crippen MR) is 53.4 cm³/mol. The highest BCUT2D eigenvalue weighted by Crippen LogP contribution is 2.33. The average molecular weight is 211 g/mol.